The van der Waals surface area contributed by atoms with Crippen LogP contribution < -0.4 is 4.74 Å². The van der Waals surface area contributed by atoms with Gasteiger partial charge < -0.3 is 4.74 Å². The number of ether oxygens (including phenoxy) is 1. The van der Waals surface area contributed by atoms with Gasteiger partial charge >= 0.3 is 0 Å². The molecule has 6 nitrogen and oxygen atoms in total. The standard InChI is InChI=1S/C31H33N3O3/c1-20(2)26-12-8-10-14-29(26)32-22(5)28(19-24-18-25(34(35)36)16-17-31(24)37-7)23(6)33-30-15-11-9-13-27(30)21(3)4/h8-18,28H,1,3,19H2,2,4-7H3. The van der Waals surface area contributed by atoms with E-state index in [2.05, 4.69) is 13.2 Å². The Morgan fingerprint density at radius 1 is 0.865 bits per heavy atom. The summed E-state index contributed by atoms with van der Waals surface area (Å²) in [6, 6.07) is 20.4. The second-order valence-corrected chi connectivity index (χ2v) is 9.11. The summed E-state index contributed by atoms with van der Waals surface area (Å²) in [7, 11) is 1.56. The summed E-state index contributed by atoms with van der Waals surface area (Å²) >= 11 is 0. The van der Waals surface area contributed by atoms with Crippen LogP contribution in [0.4, 0.5) is 17.1 Å². The van der Waals surface area contributed by atoms with E-state index >= 15 is 0 Å². The molecule has 0 aliphatic heterocycles. The predicted octanol–water partition coefficient (Wildman–Crippen LogP) is 8.41. The summed E-state index contributed by atoms with van der Waals surface area (Å²) in [5.41, 5.74) is 7.80. The molecule has 0 radical (unpaired) electrons. The van der Waals surface area contributed by atoms with Crippen LogP contribution >= 0.6 is 0 Å². The summed E-state index contributed by atoms with van der Waals surface area (Å²) in [5.74, 6) is 0.341. The van der Waals surface area contributed by atoms with Crippen LogP contribution in [0.1, 0.15) is 44.4 Å². The van der Waals surface area contributed by atoms with E-state index in [-0.39, 0.29) is 11.6 Å². The van der Waals surface area contributed by atoms with E-state index < -0.39 is 4.92 Å². The number of nitro groups is 1. The van der Waals surface area contributed by atoms with Crippen molar-refractivity contribution in [3.8, 4) is 5.75 Å². The minimum atomic E-state index is -0.397. The Morgan fingerprint density at radius 3 is 1.78 bits per heavy atom. The number of nitrogens with zero attached hydrogens (tertiary/aromatic N) is 3. The normalized spacial score (nSPS) is 12.7. The number of para-hydroxylation sites is 2. The fraction of sp³-hybridized carbons (Fsp3) is 0.226. The molecule has 0 fully saturated rings. The van der Waals surface area contributed by atoms with E-state index in [0.29, 0.717) is 17.7 Å². The predicted molar refractivity (Wildman–Crippen MR) is 155 cm³/mol. The Hall–Kier alpha value is -4.32. The van der Waals surface area contributed by atoms with Gasteiger partial charge in [0.15, 0.2) is 0 Å². The van der Waals surface area contributed by atoms with Crippen molar-refractivity contribution >= 4 is 39.6 Å². The van der Waals surface area contributed by atoms with Crippen molar-refractivity contribution in [2.24, 2.45) is 15.9 Å². The monoisotopic (exact) mass is 495 g/mol. The molecule has 0 heterocycles. The van der Waals surface area contributed by atoms with E-state index in [9.17, 15) is 10.1 Å². The average molecular weight is 496 g/mol. The highest BCUT2D eigenvalue weighted by Gasteiger charge is 2.22. The second kappa shape index (κ2) is 12.1. The highest BCUT2D eigenvalue weighted by molar-refractivity contribution is 6.08. The van der Waals surface area contributed by atoms with Gasteiger partial charge in [-0.05, 0) is 63.5 Å². The van der Waals surface area contributed by atoms with Crippen molar-refractivity contribution in [2.45, 2.75) is 34.1 Å². The van der Waals surface area contributed by atoms with E-state index in [0.717, 1.165) is 45.1 Å². The number of hydrogen-bond acceptors (Lipinski definition) is 5. The number of non-ortho nitro benzene ring substituents is 1. The van der Waals surface area contributed by atoms with Crippen molar-refractivity contribution in [3.63, 3.8) is 0 Å². The highest BCUT2D eigenvalue weighted by atomic mass is 16.6. The van der Waals surface area contributed by atoms with Crippen LogP contribution in [0, 0.1) is 16.0 Å². The minimum Gasteiger partial charge on any atom is -0.496 e. The average Bonchev–Trinajstić information content (AvgIpc) is 2.87. The van der Waals surface area contributed by atoms with Crippen LogP contribution in [0.15, 0.2) is 89.9 Å². The van der Waals surface area contributed by atoms with Crippen LogP contribution in [-0.2, 0) is 6.42 Å². The molecule has 0 saturated carbocycles. The fourth-order valence-electron chi connectivity index (χ4n) is 4.26. The Balaban J connectivity index is 2.17. The van der Waals surface area contributed by atoms with E-state index in [1.807, 2.05) is 76.2 Å². The van der Waals surface area contributed by atoms with E-state index in [1.165, 1.54) is 6.07 Å². The molecule has 3 aromatic rings. The lowest BCUT2D eigenvalue weighted by Gasteiger charge is -2.20. The van der Waals surface area contributed by atoms with Gasteiger partial charge in [-0.15, -0.1) is 0 Å². The molecule has 190 valence electrons. The largest absolute Gasteiger partial charge is 0.496 e. The Morgan fingerprint density at radius 2 is 1.35 bits per heavy atom. The zero-order valence-electron chi connectivity index (χ0n) is 22.1. The maximum atomic E-state index is 11.5. The molecule has 0 aromatic heterocycles. The highest BCUT2D eigenvalue weighted by Crippen LogP contribution is 2.31. The molecule has 0 amide bonds. The second-order valence-electron chi connectivity index (χ2n) is 9.11. The molecular formula is C31H33N3O3. The van der Waals surface area contributed by atoms with Crippen LogP contribution in [0.3, 0.4) is 0 Å². The molecule has 0 atom stereocenters. The van der Waals surface area contributed by atoms with Crippen molar-refractivity contribution in [3.05, 3.63) is 107 Å². The number of methoxy groups -OCH3 is 1. The maximum Gasteiger partial charge on any atom is 0.269 e. The SMILES string of the molecule is C=C(C)c1ccccc1N=C(C)C(Cc1cc([N+](=O)[O-])ccc1OC)C(C)=Nc1ccccc1C(=C)C. The number of nitro benzene ring substituents is 1. The third kappa shape index (κ3) is 6.67. The molecular weight excluding hydrogens is 462 g/mol. The third-order valence-electron chi connectivity index (χ3n) is 6.23. The van der Waals surface area contributed by atoms with Gasteiger partial charge in [0.25, 0.3) is 5.69 Å². The van der Waals surface area contributed by atoms with Gasteiger partial charge in [0, 0.05) is 46.2 Å². The van der Waals surface area contributed by atoms with Crippen LogP contribution in [0.5, 0.6) is 5.75 Å². The molecule has 0 spiro atoms. The molecule has 0 unspecified atom stereocenters. The first-order chi connectivity index (χ1) is 17.6. The smallest absolute Gasteiger partial charge is 0.269 e. The van der Waals surface area contributed by atoms with Gasteiger partial charge in [-0.1, -0.05) is 49.6 Å². The quantitative estimate of drug-likeness (QED) is 0.161. The van der Waals surface area contributed by atoms with Gasteiger partial charge in [0.05, 0.1) is 23.4 Å². The van der Waals surface area contributed by atoms with Crippen molar-refractivity contribution in [1.82, 2.24) is 0 Å². The lowest BCUT2D eigenvalue weighted by atomic mass is 9.90. The maximum absolute atomic E-state index is 11.5. The number of aliphatic imine (C=N–C) groups is 2. The zero-order valence-corrected chi connectivity index (χ0v) is 22.1. The summed E-state index contributed by atoms with van der Waals surface area (Å²) in [4.78, 5) is 21.1. The van der Waals surface area contributed by atoms with Crippen LogP contribution in [-0.4, -0.2) is 23.5 Å². The molecule has 0 N–H and O–H groups in total. The summed E-state index contributed by atoms with van der Waals surface area (Å²) in [5, 5.41) is 11.5. The van der Waals surface area contributed by atoms with Crippen LogP contribution in [0.25, 0.3) is 11.1 Å². The first-order valence-electron chi connectivity index (χ1n) is 12.0. The first kappa shape index (κ1) is 27.3. The van der Waals surface area contributed by atoms with Crippen molar-refractivity contribution < 1.29 is 9.66 Å². The molecule has 0 bridgehead atoms. The van der Waals surface area contributed by atoms with E-state index in [1.54, 1.807) is 19.2 Å². The molecule has 3 rings (SSSR count). The van der Waals surface area contributed by atoms with Gasteiger partial charge in [0.1, 0.15) is 5.75 Å². The number of rotatable bonds is 10. The van der Waals surface area contributed by atoms with Crippen LogP contribution in [0.2, 0.25) is 0 Å². The third-order valence-corrected chi connectivity index (χ3v) is 6.23. The van der Waals surface area contributed by atoms with Crippen molar-refractivity contribution in [1.29, 1.82) is 0 Å². The lowest BCUT2D eigenvalue weighted by molar-refractivity contribution is -0.384. The molecule has 6 heteroatoms. The van der Waals surface area contributed by atoms with Gasteiger partial charge in [0.2, 0.25) is 0 Å². The minimum absolute atomic E-state index is 0.0130. The lowest BCUT2D eigenvalue weighted by Crippen LogP contribution is -2.23. The topological polar surface area (TPSA) is 77.1 Å². The van der Waals surface area contributed by atoms with Gasteiger partial charge in [-0.3, -0.25) is 20.1 Å². The van der Waals surface area contributed by atoms with Gasteiger partial charge in [-0.2, -0.15) is 0 Å². The Kier molecular flexibility index (Phi) is 8.90. The molecule has 0 aliphatic carbocycles. The number of hydrogen-bond donors (Lipinski definition) is 0. The molecule has 0 saturated heterocycles. The van der Waals surface area contributed by atoms with Gasteiger partial charge in [-0.25, -0.2) is 0 Å². The summed E-state index contributed by atoms with van der Waals surface area (Å²) in [6.45, 7) is 16.0. The molecule has 3 aromatic carbocycles. The Bertz CT molecular complexity index is 1330. The summed E-state index contributed by atoms with van der Waals surface area (Å²) in [6.07, 6.45) is 0.431. The fourth-order valence-corrected chi connectivity index (χ4v) is 4.26. The zero-order chi connectivity index (χ0) is 27.1. The van der Waals surface area contributed by atoms with Crippen molar-refractivity contribution in [2.75, 3.05) is 7.11 Å². The first-order valence-corrected chi connectivity index (χ1v) is 12.0. The summed E-state index contributed by atoms with van der Waals surface area (Å²) < 4.78 is 5.55. The number of allylic oxidation sites excluding steroid dienone is 2. The number of benzene rings is 3. The Labute approximate surface area is 218 Å². The molecule has 37 heavy (non-hydrogen) atoms. The molecule has 0 aliphatic rings. The van der Waals surface area contributed by atoms with E-state index in [4.69, 9.17) is 14.7 Å².